The molecule has 1 aliphatic rings. The van der Waals surface area contributed by atoms with E-state index in [1.807, 2.05) is 42.2 Å². The highest BCUT2D eigenvalue weighted by molar-refractivity contribution is 5.91. The van der Waals surface area contributed by atoms with Gasteiger partial charge < -0.3 is 19.9 Å². The first-order chi connectivity index (χ1) is 16.2. The van der Waals surface area contributed by atoms with Gasteiger partial charge in [0, 0.05) is 34.7 Å². The highest BCUT2D eigenvalue weighted by atomic mass is 16.5. The fourth-order valence-corrected chi connectivity index (χ4v) is 4.95. The molecule has 0 aliphatic carbocycles. The third-order valence-electron chi connectivity index (χ3n) is 6.56. The van der Waals surface area contributed by atoms with Gasteiger partial charge in [-0.1, -0.05) is 55.5 Å². The number of aromatic nitrogens is 1. The first-order valence-electron chi connectivity index (χ1n) is 11.6. The Morgan fingerprint density at radius 2 is 1.79 bits per heavy atom. The molecule has 0 radical (unpaired) electrons. The van der Waals surface area contributed by atoms with Crippen LogP contribution in [0.4, 0.5) is 10.5 Å². The quantitative estimate of drug-likeness (QED) is 0.373. The summed E-state index contributed by atoms with van der Waals surface area (Å²) in [6.45, 7) is 5.45. The molecule has 0 saturated heterocycles. The zero-order chi connectivity index (χ0) is 22.8. The average molecular weight is 440 g/mol. The minimum Gasteiger partial charge on any atom is -0.494 e. The van der Waals surface area contributed by atoms with Gasteiger partial charge in [-0.2, -0.15) is 0 Å². The van der Waals surface area contributed by atoms with E-state index >= 15 is 0 Å². The topological polar surface area (TPSA) is 57.4 Å². The highest BCUT2D eigenvalue weighted by Crippen LogP contribution is 2.42. The molecule has 2 atom stereocenters. The summed E-state index contributed by atoms with van der Waals surface area (Å²) < 4.78 is 5.52. The van der Waals surface area contributed by atoms with E-state index in [2.05, 4.69) is 65.8 Å². The predicted molar refractivity (Wildman–Crippen MR) is 133 cm³/mol. The Kier molecular flexibility index (Phi) is 5.78. The number of fused-ring (bicyclic) bond motifs is 3. The smallest absolute Gasteiger partial charge is 0.322 e. The van der Waals surface area contributed by atoms with Crippen molar-refractivity contribution in [2.75, 3.05) is 18.5 Å². The molecule has 2 amide bonds. The van der Waals surface area contributed by atoms with Crippen molar-refractivity contribution < 1.29 is 9.53 Å². The summed E-state index contributed by atoms with van der Waals surface area (Å²) in [5.41, 5.74) is 5.57. The second-order valence-corrected chi connectivity index (χ2v) is 8.54. The number of anilines is 1. The summed E-state index contributed by atoms with van der Waals surface area (Å²) in [6, 6.07) is 26.2. The van der Waals surface area contributed by atoms with Gasteiger partial charge in [0.1, 0.15) is 5.75 Å². The Labute approximate surface area is 194 Å². The number of carbonyl (C=O) groups excluding carboxylic acids is 1. The van der Waals surface area contributed by atoms with Gasteiger partial charge in [0.15, 0.2) is 0 Å². The number of para-hydroxylation sites is 1. The number of benzene rings is 3. The molecule has 5 heteroatoms. The molecule has 5 nitrogen and oxygen atoms in total. The summed E-state index contributed by atoms with van der Waals surface area (Å²) in [5.74, 6) is 0.927. The molecular formula is C28H29N3O2. The molecule has 3 aromatic carbocycles. The summed E-state index contributed by atoms with van der Waals surface area (Å²) in [5, 5.41) is 4.35. The lowest BCUT2D eigenvalue weighted by molar-refractivity contribution is 0.170. The maximum Gasteiger partial charge on any atom is 0.322 e. The van der Waals surface area contributed by atoms with Crippen LogP contribution in [0.25, 0.3) is 10.9 Å². The van der Waals surface area contributed by atoms with Crippen LogP contribution in [0.5, 0.6) is 5.75 Å². The molecule has 4 aromatic rings. The molecule has 168 valence electrons. The molecule has 2 N–H and O–H groups in total. The maximum atomic E-state index is 13.5. The second-order valence-electron chi connectivity index (χ2n) is 8.54. The molecule has 2 unspecified atom stereocenters. The number of hydrogen-bond acceptors (Lipinski definition) is 2. The van der Waals surface area contributed by atoms with E-state index < -0.39 is 0 Å². The number of carbonyl (C=O) groups is 1. The molecule has 1 aliphatic heterocycles. The molecule has 5 rings (SSSR count). The van der Waals surface area contributed by atoms with Crippen LogP contribution >= 0.6 is 0 Å². The molecular weight excluding hydrogens is 410 g/mol. The summed E-state index contributed by atoms with van der Waals surface area (Å²) in [7, 11) is 0. The third kappa shape index (κ3) is 4.07. The van der Waals surface area contributed by atoms with E-state index in [0.717, 1.165) is 29.1 Å². The number of urea groups is 1. The minimum absolute atomic E-state index is 0.0868. The fraction of sp³-hybridized carbons (Fsp3) is 0.250. The molecule has 0 bridgehead atoms. The molecule has 0 fully saturated rings. The van der Waals surface area contributed by atoms with Crippen molar-refractivity contribution in [3.05, 3.63) is 95.7 Å². The van der Waals surface area contributed by atoms with Crippen molar-refractivity contribution in [3.8, 4) is 5.75 Å². The van der Waals surface area contributed by atoms with Crippen molar-refractivity contribution in [1.29, 1.82) is 0 Å². The number of H-pyrrole nitrogens is 1. The Bertz CT molecular complexity index is 1250. The van der Waals surface area contributed by atoms with E-state index in [0.29, 0.717) is 13.2 Å². The number of amides is 2. The minimum atomic E-state index is -0.0914. The predicted octanol–water partition coefficient (Wildman–Crippen LogP) is 6.50. The Morgan fingerprint density at radius 3 is 2.55 bits per heavy atom. The van der Waals surface area contributed by atoms with Crippen LogP contribution in [-0.2, 0) is 6.42 Å². The number of nitrogens with zero attached hydrogens (tertiary/aromatic N) is 1. The van der Waals surface area contributed by atoms with Gasteiger partial charge in [0.25, 0.3) is 0 Å². The van der Waals surface area contributed by atoms with Crippen LogP contribution in [0.1, 0.15) is 42.6 Å². The van der Waals surface area contributed by atoms with Crippen molar-refractivity contribution >= 4 is 22.6 Å². The van der Waals surface area contributed by atoms with Crippen LogP contribution in [0.3, 0.4) is 0 Å². The van der Waals surface area contributed by atoms with Crippen molar-refractivity contribution in [2.45, 2.75) is 32.2 Å². The highest BCUT2D eigenvalue weighted by Gasteiger charge is 2.37. The van der Waals surface area contributed by atoms with E-state index in [1.165, 1.54) is 16.5 Å². The largest absolute Gasteiger partial charge is 0.494 e. The number of rotatable bonds is 5. The van der Waals surface area contributed by atoms with E-state index in [-0.39, 0.29) is 18.0 Å². The average Bonchev–Trinajstić information content (AvgIpc) is 3.23. The lowest BCUT2D eigenvalue weighted by atomic mass is 9.85. The van der Waals surface area contributed by atoms with Crippen LogP contribution in [0.15, 0.2) is 78.9 Å². The van der Waals surface area contributed by atoms with E-state index in [9.17, 15) is 4.79 Å². The van der Waals surface area contributed by atoms with Crippen LogP contribution < -0.4 is 10.1 Å². The lowest BCUT2D eigenvalue weighted by Gasteiger charge is -2.39. The summed E-state index contributed by atoms with van der Waals surface area (Å²) in [6.07, 6.45) is 0.827. The van der Waals surface area contributed by atoms with Crippen molar-refractivity contribution in [2.24, 2.45) is 0 Å². The van der Waals surface area contributed by atoms with Crippen LogP contribution in [0, 0.1) is 0 Å². The summed E-state index contributed by atoms with van der Waals surface area (Å²) >= 11 is 0. The fourth-order valence-electron chi connectivity index (χ4n) is 4.95. The standard InChI is InChI=1S/C28H29N3O2/c1-3-33-22-15-13-21(14-16-22)29-28(32)31-18-17-24-23-11-7-8-12-25(23)30-26(24)27(31)19(2)20-9-5-4-6-10-20/h4-16,19,27,30H,3,17-18H2,1-2H3,(H,29,32). The number of hydrogen-bond donors (Lipinski definition) is 2. The molecule has 0 saturated carbocycles. The molecule has 2 heterocycles. The SMILES string of the molecule is CCOc1ccc(NC(=O)N2CCc3c([nH]c4ccccc34)C2C(C)c2ccccc2)cc1. The third-order valence-corrected chi connectivity index (χ3v) is 6.56. The Hall–Kier alpha value is -3.73. The number of ether oxygens (including phenoxy) is 1. The summed E-state index contributed by atoms with van der Waals surface area (Å²) in [4.78, 5) is 19.1. The van der Waals surface area contributed by atoms with Gasteiger partial charge >= 0.3 is 6.03 Å². The molecule has 33 heavy (non-hydrogen) atoms. The van der Waals surface area contributed by atoms with Gasteiger partial charge in [0.05, 0.1) is 12.6 Å². The second kappa shape index (κ2) is 9.02. The first kappa shape index (κ1) is 21.1. The van der Waals surface area contributed by atoms with Gasteiger partial charge in [-0.3, -0.25) is 0 Å². The Morgan fingerprint density at radius 1 is 1.06 bits per heavy atom. The van der Waals surface area contributed by atoms with Crippen molar-refractivity contribution in [1.82, 2.24) is 9.88 Å². The van der Waals surface area contributed by atoms with Crippen molar-refractivity contribution in [3.63, 3.8) is 0 Å². The monoisotopic (exact) mass is 439 g/mol. The van der Waals surface area contributed by atoms with Gasteiger partial charge in [-0.25, -0.2) is 4.79 Å². The van der Waals surface area contributed by atoms with Gasteiger partial charge in [-0.05, 0) is 54.8 Å². The lowest BCUT2D eigenvalue weighted by Crippen LogP contribution is -2.44. The zero-order valence-electron chi connectivity index (χ0n) is 19.0. The zero-order valence-corrected chi connectivity index (χ0v) is 19.0. The first-order valence-corrected chi connectivity index (χ1v) is 11.6. The van der Waals surface area contributed by atoms with Crippen LogP contribution in [-0.4, -0.2) is 29.1 Å². The number of aromatic amines is 1. The van der Waals surface area contributed by atoms with Gasteiger partial charge in [0.2, 0.25) is 0 Å². The normalized spacial score (nSPS) is 16.3. The van der Waals surface area contributed by atoms with Gasteiger partial charge in [-0.15, -0.1) is 0 Å². The maximum absolute atomic E-state index is 13.5. The Balaban J connectivity index is 1.49. The molecule has 1 aromatic heterocycles. The van der Waals surface area contributed by atoms with Crippen LogP contribution in [0.2, 0.25) is 0 Å². The van der Waals surface area contributed by atoms with E-state index in [1.54, 1.807) is 0 Å². The molecule has 0 spiro atoms. The van der Waals surface area contributed by atoms with E-state index in [4.69, 9.17) is 4.74 Å². The number of nitrogens with one attached hydrogen (secondary N) is 2.